The maximum atomic E-state index is 11.7. The Balaban J connectivity index is 1.80. The summed E-state index contributed by atoms with van der Waals surface area (Å²) in [5.74, 6) is 0. The molecule has 0 amide bonds. The van der Waals surface area contributed by atoms with Crippen molar-refractivity contribution in [2.24, 2.45) is 0 Å². The van der Waals surface area contributed by atoms with Gasteiger partial charge in [-0.05, 0) is 28.4 Å². The van der Waals surface area contributed by atoms with Crippen LogP contribution in [0.1, 0.15) is 24.2 Å². The van der Waals surface area contributed by atoms with Crippen molar-refractivity contribution in [1.29, 1.82) is 0 Å². The summed E-state index contributed by atoms with van der Waals surface area (Å²) in [6.45, 7) is 1.61. The summed E-state index contributed by atoms with van der Waals surface area (Å²) in [6, 6.07) is 39.0. The van der Waals surface area contributed by atoms with E-state index < -0.39 is 14.7 Å². The van der Waals surface area contributed by atoms with Gasteiger partial charge < -0.3 is 8.85 Å². The van der Waals surface area contributed by atoms with Crippen LogP contribution in [0.15, 0.2) is 127 Å². The molecule has 6 heteroatoms. The van der Waals surface area contributed by atoms with Gasteiger partial charge in [0.1, 0.15) is 6.10 Å². The van der Waals surface area contributed by atoms with Gasteiger partial charge in [-0.3, -0.25) is 10.1 Å². The van der Waals surface area contributed by atoms with Gasteiger partial charge in [0.2, 0.25) is 6.54 Å². The summed E-state index contributed by atoms with van der Waals surface area (Å²) < 4.78 is 13.7. The molecule has 0 saturated carbocycles. The lowest BCUT2D eigenvalue weighted by atomic mass is 10.1. The Bertz CT molecular complexity index is 1210. The Morgan fingerprint density at radius 1 is 0.750 bits per heavy atom. The third-order valence-corrected chi connectivity index (χ3v) is 9.32. The van der Waals surface area contributed by atoms with Crippen molar-refractivity contribution in [2.75, 3.05) is 6.54 Å². The predicted octanol–water partition coefficient (Wildman–Crippen LogP) is 5.40. The molecule has 2 atom stereocenters. The minimum absolute atomic E-state index is 0.315. The van der Waals surface area contributed by atoms with Crippen LogP contribution >= 0.6 is 0 Å². The maximum Gasteiger partial charge on any atom is 0.408 e. The lowest BCUT2D eigenvalue weighted by molar-refractivity contribution is -0.490. The molecule has 4 rings (SSSR count). The highest BCUT2D eigenvalue weighted by atomic mass is 28.4. The van der Waals surface area contributed by atoms with Gasteiger partial charge in [-0.15, -0.1) is 0 Å². The van der Waals surface area contributed by atoms with E-state index in [2.05, 4.69) is 0 Å². The van der Waals surface area contributed by atoms with Gasteiger partial charge in [0.15, 0.2) is 0 Å². The van der Waals surface area contributed by atoms with Crippen LogP contribution in [-0.2, 0) is 8.85 Å². The standard InChI is InChI=1S/C30H29NO4Si/c1-25(22-23-26-14-6-2-7-15-26)34-36(28-18-10-4-11-19-28,29-20-12-5-13-21-29)35-30(24-31(32)33)27-16-8-3-9-17-27/h2-23,25,30H,24H2,1H3/b23-22+. The highest BCUT2D eigenvalue weighted by molar-refractivity contribution is 6.92. The molecule has 0 aliphatic carbocycles. The van der Waals surface area contributed by atoms with Crippen molar-refractivity contribution in [3.63, 3.8) is 0 Å². The van der Waals surface area contributed by atoms with Crippen LogP contribution in [0.25, 0.3) is 6.08 Å². The minimum atomic E-state index is -3.42. The predicted molar refractivity (Wildman–Crippen MR) is 146 cm³/mol. The van der Waals surface area contributed by atoms with E-state index in [1.165, 1.54) is 0 Å². The molecule has 5 nitrogen and oxygen atoms in total. The molecule has 2 unspecified atom stereocenters. The molecule has 0 fully saturated rings. The molecular weight excluding hydrogens is 466 g/mol. The van der Waals surface area contributed by atoms with Gasteiger partial charge in [0, 0.05) is 4.92 Å². The fourth-order valence-electron chi connectivity index (χ4n) is 4.11. The summed E-state index contributed by atoms with van der Waals surface area (Å²) in [5.41, 5.74) is 1.81. The zero-order valence-corrected chi connectivity index (χ0v) is 21.1. The van der Waals surface area contributed by atoms with E-state index >= 15 is 0 Å². The number of rotatable bonds is 11. The first-order valence-electron chi connectivity index (χ1n) is 11.9. The molecule has 4 aromatic rings. The van der Waals surface area contributed by atoms with Crippen molar-refractivity contribution in [3.8, 4) is 0 Å². The molecule has 0 saturated heterocycles. The minimum Gasteiger partial charge on any atom is -0.381 e. The lowest BCUT2D eigenvalue weighted by Crippen LogP contribution is -2.65. The molecule has 0 radical (unpaired) electrons. The first-order valence-corrected chi connectivity index (χ1v) is 13.7. The van der Waals surface area contributed by atoms with Crippen molar-refractivity contribution in [1.82, 2.24) is 0 Å². The Morgan fingerprint density at radius 2 is 1.22 bits per heavy atom. The maximum absolute atomic E-state index is 11.7. The topological polar surface area (TPSA) is 61.6 Å². The largest absolute Gasteiger partial charge is 0.408 e. The molecule has 0 bridgehead atoms. The number of nitrogens with zero attached hydrogens (tertiary/aromatic N) is 1. The summed E-state index contributed by atoms with van der Waals surface area (Å²) in [5, 5.41) is 13.5. The van der Waals surface area contributed by atoms with E-state index in [9.17, 15) is 10.1 Å². The molecule has 36 heavy (non-hydrogen) atoms. The highest BCUT2D eigenvalue weighted by Gasteiger charge is 2.47. The first kappa shape index (κ1) is 25.3. The summed E-state index contributed by atoms with van der Waals surface area (Å²) in [4.78, 5) is 11.4. The average molecular weight is 496 g/mol. The van der Waals surface area contributed by atoms with E-state index in [4.69, 9.17) is 8.85 Å². The fourth-order valence-corrected chi connectivity index (χ4v) is 7.52. The second-order valence-corrected chi connectivity index (χ2v) is 11.3. The molecule has 0 N–H and O–H groups in total. The van der Waals surface area contributed by atoms with Gasteiger partial charge in [-0.1, -0.05) is 133 Å². The van der Waals surface area contributed by atoms with Crippen LogP contribution in [0.5, 0.6) is 0 Å². The van der Waals surface area contributed by atoms with Crippen LogP contribution in [-0.4, -0.2) is 26.1 Å². The molecule has 0 aliphatic rings. The second kappa shape index (κ2) is 12.2. The van der Waals surface area contributed by atoms with Gasteiger partial charge in [0.25, 0.3) is 0 Å². The van der Waals surface area contributed by atoms with Crippen molar-refractivity contribution in [2.45, 2.75) is 19.1 Å². The number of benzene rings is 4. The fraction of sp³-hybridized carbons (Fsp3) is 0.133. The van der Waals surface area contributed by atoms with E-state index in [0.717, 1.165) is 21.5 Å². The molecule has 0 aromatic heterocycles. The summed E-state index contributed by atoms with van der Waals surface area (Å²) in [7, 11) is -3.42. The van der Waals surface area contributed by atoms with E-state index in [1.54, 1.807) is 0 Å². The van der Waals surface area contributed by atoms with Crippen molar-refractivity contribution in [3.05, 3.63) is 149 Å². The van der Waals surface area contributed by atoms with Crippen molar-refractivity contribution >= 4 is 25.0 Å². The third-order valence-electron chi connectivity index (χ3n) is 5.81. The van der Waals surface area contributed by atoms with Crippen LogP contribution < -0.4 is 10.4 Å². The van der Waals surface area contributed by atoms with Crippen LogP contribution in [0.2, 0.25) is 0 Å². The van der Waals surface area contributed by atoms with Gasteiger partial charge >= 0.3 is 8.56 Å². The van der Waals surface area contributed by atoms with Gasteiger partial charge in [-0.25, -0.2) is 0 Å². The van der Waals surface area contributed by atoms with Crippen LogP contribution in [0.4, 0.5) is 0 Å². The first-order chi connectivity index (χ1) is 17.6. The van der Waals surface area contributed by atoms with E-state index in [1.807, 2.05) is 140 Å². The Kier molecular flexibility index (Phi) is 8.57. The van der Waals surface area contributed by atoms with E-state index in [-0.39, 0.29) is 17.6 Å². The monoisotopic (exact) mass is 495 g/mol. The van der Waals surface area contributed by atoms with Gasteiger partial charge in [0.05, 0.1) is 6.10 Å². The molecular formula is C30H29NO4Si. The zero-order valence-electron chi connectivity index (χ0n) is 20.1. The molecule has 0 spiro atoms. The highest BCUT2D eigenvalue weighted by Crippen LogP contribution is 2.25. The quantitative estimate of drug-likeness (QED) is 0.159. The summed E-state index contributed by atoms with van der Waals surface area (Å²) in [6.07, 6.45) is 2.92. The Morgan fingerprint density at radius 3 is 1.72 bits per heavy atom. The molecule has 182 valence electrons. The Labute approximate surface area is 213 Å². The van der Waals surface area contributed by atoms with Crippen molar-refractivity contribution < 1.29 is 13.8 Å². The smallest absolute Gasteiger partial charge is 0.381 e. The zero-order chi connectivity index (χ0) is 25.2. The van der Waals surface area contributed by atoms with Crippen LogP contribution in [0, 0.1) is 10.1 Å². The normalized spacial score (nSPS) is 13.4. The molecule has 0 heterocycles. The number of hydrogen-bond donors (Lipinski definition) is 0. The molecule has 0 aliphatic heterocycles. The van der Waals surface area contributed by atoms with Gasteiger partial charge in [-0.2, -0.15) is 0 Å². The SMILES string of the molecule is CC(/C=C/c1ccccc1)O[Si](OC(C[N+](=O)[O-])c1ccccc1)(c1ccccc1)c1ccccc1. The number of hydrogen-bond acceptors (Lipinski definition) is 4. The lowest BCUT2D eigenvalue weighted by Gasteiger charge is -2.36. The molecule has 4 aromatic carbocycles. The third kappa shape index (κ3) is 6.43. The number of nitro groups is 1. The summed E-state index contributed by atoms with van der Waals surface area (Å²) >= 11 is 0. The van der Waals surface area contributed by atoms with Crippen LogP contribution in [0.3, 0.4) is 0 Å². The van der Waals surface area contributed by atoms with E-state index in [0.29, 0.717) is 0 Å². The average Bonchev–Trinajstić information content (AvgIpc) is 2.93. The second-order valence-electron chi connectivity index (χ2n) is 8.47. The Hall–Kier alpha value is -3.84.